The van der Waals surface area contributed by atoms with Crippen LogP contribution in [0.15, 0.2) is 35.4 Å². The van der Waals surface area contributed by atoms with E-state index < -0.39 is 11.9 Å². The number of hydrazone groups is 1. The molecule has 1 aliphatic carbocycles. The number of carbonyl (C=O) groups is 2. The first-order valence-electron chi connectivity index (χ1n) is 7.97. The van der Waals surface area contributed by atoms with Crippen molar-refractivity contribution >= 4 is 39.7 Å². The van der Waals surface area contributed by atoms with Crippen molar-refractivity contribution in [1.29, 1.82) is 0 Å². The van der Waals surface area contributed by atoms with Gasteiger partial charge < -0.3 is 5.73 Å². The van der Waals surface area contributed by atoms with Gasteiger partial charge in [0.25, 0.3) is 5.91 Å². The van der Waals surface area contributed by atoms with Crippen LogP contribution in [0.25, 0.3) is 0 Å². The average Bonchev–Trinajstić information content (AvgIpc) is 3.19. The molecule has 2 amide bonds. The summed E-state index contributed by atoms with van der Waals surface area (Å²) < 4.78 is 0. The Morgan fingerprint density at radius 1 is 1.20 bits per heavy atom. The lowest BCUT2D eigenvalue weighted by molar-refractivity contribution is -0.119. The number of hydrogen-bond donors (Lipinski definition) is 2. The zero-order valence-electron chi connectivity index (χ0n) is 13.3. The molecule has 0 spiro atoms. The van der Waals surface area contributed by atoms with Crippen LogP contribution >= 0.6 is 11.3 Å². The third-order valence-corrected chi connectivity index (χ3v) is 5.11. The van der Waals surface area contributed by atoms with Crippen LogP contribution in [0.3, 0.4) is 0 Å². The number of carbonyl (C=O) groups excluding carboxylic acids is 2. The number of anilines is 2. The van der Waals surface area contributed by atoms with Gasteiger partial charge in [-0.2, -0.15) is 5.10 Å². The van der Waals surface area contributed by atoms with Crippen LogP contribution in [-0.4, -0.2) is 33.8 Å². The fourth-order valence-corrected chi connectivity index (χ4v) is 3.54. The Bertz CT molecular complexity index is 845. The molecule has 25 heavy (non-hydrogen) atoms. The largest absolute Gasteiger partial charge is 0.368 e. The number of nitrogens with two attached hydrogens (primary N) is 1. The molecule has 1 aromatic carbocycles. The zero-order valence-corrected chi connectivity index (χ0v) is 14.1. The van der Waals surface area contributed by atoms with E-state index in [1.54, 1.807) is 0 Å². The minimum Gasteiger partial charge on any atom is -0.368 e. The highest BCUT2D eigenvalue weighted by Gasteiger charge is 2.35. The minimum atomic E-state index is -0.681. The molecule has 2 heterocycles. The molecule has 128 valence electrons. The van der Waals surface area contributed by atoms with Crippen molar-refractivity contribution in [3.8, 4) is 0 Å². The summed E-state index contributed by atoms with van der Waals surface area (Å²) in [5, 5.41) is 18.0. The van der Waals surface area contributed by atoms with E-state index in [0.717, 1.165) is 17.8 Å². The highest BCUT2D eigenvalue weighted by Crippen LogP contribution is 2.42. The summed E-state index contributed by atoms with van der Waals surface area (Å²) in [6.45, 7) is 0. The first kappa shape index (κ1) is 15.7. The SMILES string of the molecule is NC(=O)C1CC(C(=O)Nc2nnc(C3CC3)s2)=NN1c1ccccc1. The molecule has 1 saturated carbocycles. The Kier molecular flexibility index (Phi) is 3.92. The summed E-state index contributed by atoms with van der Waals surface area (Å²) in [4.78, 5) is 24.2. The van der Waals surface area contributed by atoms with Crippen LogP contribution in [-0.2, 0) is 9.59 Å². The second-order valence-electron chi connectivity index (χ2n) is 6.02. The van der Waals surface area contributed by atoms with Gasteiger partial charge >= 0.3 is 0 Å². The van der Waals surface area contributed by atoms with Gasteiger partial charge in [0.1, 0.15) is 16.8 Å². The third-order valence-electron chi connectivity index (χ3n) is 4.11. The molecule has 1 atom stereocenters. The maximum Gasteiger partial charge on any atom is 0.273 e. The predicted molar refractivity (Wildman–Crippen MR) is 94.5 cm³/mol. The van der Waals surface area contributed by atoms with Crippen molar-refractivity contribution in [2.24, 2.45) is 10.8 Å². The van der Waals surface area contributed by atoms with Gasteiger partial charge in [0.15, 0.2) is 0 Å². The smallest absolute Gasteiger partial charge is 0.273 e. The lowest BCUT2D eigenvalue weighted by Gasteiger charge is -2.20. The van der Waals surface area contributed by atoms with E-state index in [0.29, 0.717) is 16.7 Å². The summed E-state index contributed by atoms with van der Waals surface area (Å²) in [6, 6.07) is 8.48. The number of para-hydroxylation sites is 1. The lowest BCUT2D eigenvalue weighted by atomic mass is 10.1. The monoisotopic (exact) mass is 356 g/mol. The number of hydrogen-bond acceptors (Lipinski definition) is 7. The molecular weight excluding hydrogens is 340 g/mol. The molecule has 2 aliphatic rings. The van der Waals surface area contributed by atoms with Crippen LogP contribution in [0.1, 0.15) is 30.2 Å². The molecule has 2 aromatic rings. The van der Waals surface area contributed by atoms with Crippen molar-refractivity contribution in [1.82, 2.24) is 10.2 Å². The molecule has 1 unspecified atom stereocenters. The number of primary amides is 1. The van der Waals surface area contributed by atoms with Gasteiger partial charge in [-0.05, 0) is 25.0 Å². The molecule has 0 radical (unpaired) electrons. The maximum absolute atomic E-state index is 12.5. The van der Waals surface area contributed by atoms with Crippen molar-refractivity contribution < 1.29 is 9.59 Å². The van der Waals surface area contributed by atoms with E-state index in [1.807, 2.05) is 30.3 Å². The van der Waals surface area contributed by atoms with Crippen molar-refractivity contribution in [3.63, 3.8) is 0 Å². The summed E-state index contributed by atoms with van der Waals surface area (Å²) >= 11 is 1.38. The van der Waals surface area contributed by atoms with Crippen molar-refractivity contribution in [2.45, 2.75) is 31.2 Å². The van der Waals surface area contributed by atoms with E-state index >= 15 is 0 Å². The topological polar surface area (TPSA) is 114 Å². The van der Waals surface area contributed by atoms with Crippen molar-refractivity contribution in [2.75, 3.05) is 10.3 Å². The fraction of sp³-hybridized carbons (Fsp3) is 0.312. The van der Waals surface area contributed by atoms with E-state index in [-0.39, 0.29) is 18.0 Å². The standard InChI is InChI=1S/C16H16N6O2S/c17-13(23)12-8-11(21-22(12)10-4-2-1-3-5-10)14(24)18-16-20-19-15(25-16)9-6-7-9/h1-5,9,12H,6-8H2,(H2,17,23)(H,18,20,24). The second kappa shape index (κ2) is 6.25. The van der Waals surface area contributed by atoms with Gasteiger partial charge in [-0.1, -0.05) is 29.5 Å². The van der Waals surface area contributed by atoms with Crippen LogP contribution < -0.4 is 16.1 Å². The van der Waals surface area contributed by atoms with Gasteiger partial charge in [-0.3, -0.25) is 19.9 Å². The first-order chi connectivity index (χ1) is 12.1. The summed E-state index contributed by atoms with van der Waals surface area (Å²) in [6.07, 6.45) is 2.41. The maximum atomic E-state index is 12.5. The molecule has 1 aromatic heterocycles. The van der Waals surface area contributed by atoms with E-state index in [2.05, 4.69) is 20.6 Å². The number of rotatable bonds is 5. The molecule has 4 rings (SSSR count). The number of aromatic nitrogens is 2. The Morgan fingerprint density at radius 3 is 2.64 bits per heavy atom. The van der Waals surface area contributed by atoms with E-state index in [1.165, 1.54) is 16.3 Å². The Morgan fingerprint density at radius 2 is 1.96 bits per heavy atom. The molecule has 8 nitrogen and oxygen atoms in total. The molecule has 3 N–H and O–H groups in total. The highest BCUT2D eigenvalue weighted by molar-refractivity contribution is 7.15. The summed E-state index contributed by atoms with van der Waals surface area (Å²) in [5.74, 6) is -0.426. The van der Waals surface area contributed by atoms with Crippen LogP contribution in [0.2, 0.25) is 0 Å². The van der Waals surface area contributed by atoms with Gasteiger partial charge in [0.2, 0.25) is 11.0 Å². The fourth-order valence-electron chi connectivity index (χ4n) is 2.64. The number of nitrogens with one attached hydrogen (secondary N) is 1. The number of nitrogens with zero attached hydrogens (tertiary/aromatic N) is 4. The third kappa shape index (κ3) is 3.22. The molecular formula is C16H16N6O2S. The Hall–Kier alpha value is -2.81. The average molecular weight is 356 g/mol. The quantitative estimate of drug-likeness (QED) is 0.842. The zero-order chi connectivity index (χ0) is 17.4. The van der Waals surface area contributed by atoms with E-state index in [9.17, 15) is 9.59 Å². The predicted octanol–water partition coefficient (Wildman–Crippen LogP) is 1.47. The summed E-state index contributed by atoms with van der Waals surface area (Å²) in [5.41, 5.74) is 6.43. The molecule has 0 saturated heterocycles. The van der Waals surface area contributed by atoms with Gasteiger partial charge in [-0.25, -0.2) is 0 Å². The number of amides is 2. The molecule has 1 aliphatic heterocycles. The molecule has 0 bridgehead atoms. The van der Waals surface area contributed by atoms with Gasteiger partial charge in [0.05, 0.1) is 5.69 Å². The van der Waals surface area contributed by atoms with Crippen LogP contribution in [0.4, 0.5) is 10.8 Å². The lowest BCUT2D eigenvalue weighted by Crippen LogP contribution is -2.39. The Labute approximate surface area is 147 Å². The van der Waals surface area contributed by atoms with E-state index in [4.69, 9.17) is 5.73 Å². The Balaban J connectivity index is 1.52. The van der Waals surface area contributed by atoms with Crippen LogP contribution in [0, 0.1) is 0 Å². The second-order valence-corrected chi connectivity index (χ2v) is 7.03. The normalized spacial score (nSPS) is 19.6. The first-order valence-corrected chi connectivity index (χ1v) is 8.79. The van der Waals surface area contributed by atoms with Gasteiger partial charge in [0, 0.05) is 12.3 Å². The highest BCUT2D eigenvalue weighted by atomic mass is 32.1. The number of benzene rings is 1. The summed E-state index contributed by atoms with van der Waals surface area (Å²) in [7, 11) is 0. The molecule has 1 fully saturated rings. The molecule has 9 heteroatoms. The minimum absolute atomic E-state index is 0.157. The van der Waals surface area contributed by atoms with Crippen molar-refractivity contribution in [3.05, 3.63) is 35.3 Å². The van der Waals surface area contributed by atoms with Gasteiger partial charge in [-0.15, -0.1) is 10.2 Å². The van der Waals surface area contributed by atoms with Crippen LogP contribution in [0.5, 0.6) is 0 Å².